The van der Waals surface area contributed by atoms with Crippen LogP contribution in [0.1, 0.15) is 0 Å². The molecule has 13 heteroatoms. The Kier molecular flexibility index (Phi) is 6.63. The van der Waals surface area contributed by atoms with Crippen LogP contribution < -0.4 is 0 Å². The topological polar surface area (TPSA) is 135 Å². The summed E-state index contributed by atoms with van der Waals surface area (Å²) in [6.45, 7) is -4.64. The monoisotopic (exact) mass is 370 g/mol. The average molecular weight is 370 g/mol. The molecule has 2 saturated heterocycles. The number of hydrogen-bond acceptors (Lipinski definition) is 9. The number of rotatable bonds is 6. The molecule has 9 unspecified atom stereocenters. The molecule has 2 rings (SSSR count). The van der Waals surface area contributed by atoms with E-state index in [1.54, 1.807) is 15.7 Å². The van der Waals surface area contributed by atoms with Gasteiger partial charge in [0.2, 0.25) is 0 Å². The Bertz CT molecular complexity index is 460. The van der Waals surface area contributed by atoms with Crippen LogP contribution in [0.5, 0.6) is 0 Å². The van der Waals surface area contributed by atoms with Gasteiger partial charge in [0.1, 0.15) is 52.3 Å². The Morgan fingerprint density at radius 2 is 1.61 bits per heavy atom. The summed E-state index contributed by atoms with van der Waals surface area (Å²) >= 11 is 3.82. The molecule has 0 aromatic carbocycles. The van der Waals surface area contributed by atoms with Crippen molar-refractivity contribution in [2.45, 2.75) is 48.6 Å². The van der Waals surface area contributed by atoms with E-state index >= 15 is 0 Å². The SMILES string of the molecule is BC1OC(COP(=O)(S)OC2C(CO)OC(B)C2O)C(O)C1O. The Hall–Kier alpha value is 0.390. The Morgan fingerprint density at radius 1 is 1.04 bits per heavy atom. The highest BCUT2D eigenvalue weighted by Crippen LogP contribution is 2.55. The predicted octanol–water partition coefficient (Wildman–Crippen LogP) is -3.78. The van der Waals surface area contributed by atoms with E-state index in [1.807, 2.05) is 0 Å². The third-order valence-corrected chi connectivity index (χ3v) is 5.63. The van der Waals surface area contributed by atoms with Gasteiger partial charge in [-0.05, 0) is 0 Å². The molecule has 0 aliphatic carbocycles. The summed E-state index contributed by atoms with van der Waals surface area (Å²) in [6.07, 6.45) is -6.11. The molecule has 0 radical (unpaired) electrons. The molecule has 0 saturated carbocycles. The smallest absolute Gasteiger partial charge is 0.386 e. The molecule has 2 aliphatic heterocycles. The zero-order valence-electron chi connectivity index (χ0n) is 12.8. The maximum atomic E-state index is 12.3. The van der Waals surface area contributed by atoms with Crippen LogP contribution in [0.4, 0.5) is 0 Å². The molecular weight excluding hydrogens is 349 g/mol. The summed E-state index contributed by atoms with van der Waals surface area (Å²) in [5, 5.41) is 38.5. The Balaban J connectivity index is 1.91. The highest BCUT2D eigenvalue weighted by Gasteiger charge is 2.46. The van der Waals surface area contributed by atoms with Gasteiger partial charge >= 0.3 is 6.80 Å². The van der Waals surface area contributed by atoms with Crippen LogP contribution in [0.25, 0.3) is 0 Å². The lowest BCUT2D eigenvalue weighted by Gasteiger charge is -2.24. The highest BCUT2D eigenvalue weighted by molar-refractivity contribution is 8.44. The summed E-state index contributed by atoms with van der Waals surface area (Å²) in [7, 11) is 3.18. The van der Waals surface area contributed by atoms with E-state index in [1.165, 1.54) is 0 Å². The minimum Gasteiger partial charge on any atom is -0.394 e. The Morgan fingerprint density at radius 3 is 2.13 bits per heavy atom. The van der Waals surface area contributed by atoms with Crippen molar-refractivity contribution in [1.29, 1.82) is 0 Å². The van der Waals surface area contributed by atoms with Crippen LogP contribution in [-0.4, -0.2) is 98.0 Å². The molecule has 4 N–H and O–H groups in total. The van der Waals surface area contributed by atoms with E-state index in [9.17, 15) is 25.0 Å². The number of aliphatic hydroxyl groups is 4. The lowest BCUT2D eigenvalue weighted by molar-refractivity contribution is -0.0190. The van der Waals surface area contributed by atoms with Gasteiger partial charge in [0.25, 0.3) is 0 Å². The van der Waals surface area contributed by atoms with Crippen molar-refractivity contribution in [3.63, 3.8) is 0 Å². The number of aliphatic hydroxyl groups excluding tert-OH is 4. The van der Waals surface area contributed by atoms with Gasteiger partial charge in [0.15, 0.2) is 0 Å². The van der Waals surface area contributed by atoms with Gasteiger partial charge in [-0.2, -0.15) is 0 Å². The van der Waals surface area contributed by atoms with Crippen molar-refractivity contribution in [3.8, 4) is 0 Å². The van der Waals surface area contributed by atoms with E-state index in [0.717, 1.165) is 0 Å². The van der Waals surface area contributed by atoms with E-state index in [4.69, 9.17) is 18.5 Å². The first-order valence-corrected chi connectivity index (χ1v) is 9.97. The molecule has 0 spiro atoms. The fourth-order valence-corrected chi connectivity index (χ4v) is 4.11. The molecular formula is C10H21B2O9PS. The van der Waals surface area contributed by atoms with Crippen molar-refractivity contribution in [2.75, 3.05) is 13.2 Å². The first-order valence-electron chi connectivity index (χ1n) is 7.28. The van der Waals surface area contributed by atoms with Crippen molar-refractivity contribution in [2.24, 2.45) is 0 Å². The minimum atomic E-state index is -3.90. The van der Waals surface area contributed by atoms with Crippen molar-refractivity contribution < 1.29 is 43.5 Å². The molecule has 9 atom stereocenters. The van der Waals surface area contributed by atoms with Gasteiger partial charge in [0.05, 0.1) is 25.2 Å². The molecule has 2 aliphatic rings. The third kappa shape index (κ3) is 4.52. The summed E-state index contributed by atoms with van der Waals surface area (Å²) in [6, 6.07) is -1.18. The minimum absolute atomic E-state index is 0.313. The predicted molar refractivity (Wildman–Crippen MR) is 86.9 cm³/mol. The quantitative estimate of drug-likeness (QED) is 0.181. The van der Waals surface area contributed by atoms with E-state index in [2.05, 4.69) is 12.2 Å². The number of hydrogen-bond donors (Lipinski definition) is 5. The normalized spacial score (nSPS) is 46.8. The van der Waals surface area contributed by atoms with Gasteiger partial charge in [-0.1, -0.05) is 12.2 Å². The second kappa shape index (κ2) is 7.74. The second-order valence-electron chi connectivity index (χ2n) is 5.75. The Labute approximate surface area is 140 Å². The van der Waals surface area contributed by atoms with Gasteiger partial charge in [-0.25, -0.2) is 4.57 Å². The van der Waals surface area contributed by atoms with Crippen LogP contribution in [-0.2, 0) is 23.1 Å². The molecule has 0 aromatic heterocycles. The zero-order chi connectivity index (χ0) is 17.4. The molecule has 0 aromatic rings. The first kappa shape index (κ1) is 19.7. The summed E-state index contributed by atoms with van der Waals surface area (Å²) in [5.41, 5.74) is 0. The maximum Gasteiger partial charge on any atom is 0.386 e. The number of thiol groups is 1. The lowest BCUT2D eigenvalue weighted by Crippen LogP contribution is -2.36. The van der Waals surface area contributed by atoms with Gasteiger partial charge < -0.3 is 29.9 Å². The average Bonchev–Trinajstić information content (AvgIpc) is 2.89. The molecule has 2 heterocycles. The van der Waals surface area contributed by atoms with Crippen molar-refractivity contribution >= 4 is 34.7 Å². The van der Waals surface area contributed by atoms with E-state index in [0.29, 0.717) is 0 Å². The summed E-state index contributed by atoms with van der Waals surface area (Å²) < 4.78 is 33.1. The summed E-state index contributed by atoms with van der Waals surface area (Å²) in [4.78, 5) is 0. The lowest BCUT2D eigenvalue weighted by atomic mass is 9.93. The molecule has 132 valence electrons. The van der Waals surface area contributed by atoms with Crippen LogP contribution >= 0.6 is 19.0 Å². The molecule has 0 bridgehead atoms. The fourth-order valence-electron chi connectivity index (χ4n) is 2.62. The fraction of sp³-hybridized carbons (Fsp3) is 1.00. The molecule has 9 nitrogen and oxygen atoms in total. The first-order chi connectivity index (χ1) is 10.7. The molecule has 0 amide bonds. The summed E-state index contributed by atoms with van der Waals surface area (Å²) in [5.74, 6) is 0. The van der Waals surface area contributed by atoms with Crippen LogP contribution in [0.2, 0.25) is 0 Å². The zero-order valence-corrected chi connectivity index (χ0v) is 14.5. The van der Waals surface area contributed by atoms with Gasteiger partial charge in [0, 0.05) is 0 Å². The molecule has 2 fully saturated rings. The standard InChI is InChI=1S/C10H21B2O9PS/c11-9-6(15)5(14)4(20-9)2-18-22(17,23)21-8-3(1-13)19-10(12)7(8)16/h3-10,13-16H,1-2,11-12H2,(H,17,23). The van der Waals surface area contributed by atoms with E-state index < -0.39 is 62.0 Å². The maximum absolute atomic E-state index is 12.3. The van der Waals surface area contributed by atoms with Crippen LogP contribution in [0.15, 0.2) is 0 Å². The largest absolute Gasteiger partial charge is 0.394 e. The third-order valence-electron chi connectivity index (χ3n) is 4.01. The molecule has 23 heavy (non-hydrogen) atoms. The van der Waals surface area contributed by atoms with Gasteiger partial charge in [-0.15, -0.1) is 0 Å². The second-order valence-corrected chi connectivity index (χ2v) is 8.62. The van der Waals surface area contributed by atoms with E-state index in [-0.39, 0.29) is 6.61 Å². The highest BCUT2D eigenvalue weighted by atomic mass is 32.7. The van der Waals surface area contributed by atoms with Crippen LogP contribution in [0, 0.1) is 0 Å². The van der Waals surface area contributed by atoms with Crippen molar-refractivity contribution in [3.05, 3.63) is 0 Å². The van der Waals surface area contributed by atoms with Gasteiger partial charge in [-0.3, -0.25) is 9.05 Å². The van der Waals surface area contributed by atoms with Crippen LogP contribution in [0.3, 0.4) is 0 Å². The van der Waals surface area contributed by atoms with Crippen molar-refractivity contribution in [1.82, 2.24) is 0 Å². The number of ether oxygens (including phenoxy) is 2.